The Labute approximate surface area is 178 Å². The summed E-state index contributed by atoms with van der Waals surface area (Å²) in [6.07, 6.45) is 1.00. The van der Waals surface area contributed by atoms with Crippen LogP contribution in [0.3, 0.4) is 0 Å². The average molecular weight is 414 g/mol. The molecule has 0 spiro atoms. The van der Waals surface area contributed by atoms with Gasteiger partial charge < -0.3 is 30.0 Å². The van der Waals surface area contributed by atoms with Gasteiger partial charge in [0.1, 0.15) is 11.9 Å². The molecule has 1 atom stereocenters. The first kappa shape index (κ1) is 21.8. The smallest absolute Gasteiger partial charge is 0.191 e. The molecule has 1 heterocycles. The van der Waals surface area contributed by atoms with Crippen LogP contribution in [0.2, 0.25) is 0 Å². The molecule has 1 aliphatic rings. The first-order chi connectivity index (χ1) is 14.6. The lowest BCUT2D eigenvalue weighted by Gasteiger charge is -2.17. The molecule has 3 N–H and O–H groups in total. The van der Waals surface area contributed by atoms with Gasteiger partial charge in [0.2, 0.25) is 0 Å². The van der Waals surface area contributed by atoms with Crippen molar-refractivity contribution in [3.8, 4) is 17.2 Å². The van der Waals surface area contributed by atoms with Gasteiger partial charge in [0.05, 0.1) is 26.9 Å². The Kier molecular flexibility index (Phi) is 7.79. The largest absolute Gasteiger partial charge is 0.504 e. The van der Waals surface area contributed by atoms with E-state index >= 15 is 0 Å². The van der Waals surface area contributed by atoms with Crippen molar-refractivity contribution in [2.45, 2.75) is 39.5 Å². The number of aryl methyl sites for hydroxylation is 1. The van der Waals surface area contributed by atoms with Gasteiger partial charge in [-0.2, -0.15) is 0 Å². The van der Waals surface area contributed by atoms with Crippen molar-refractivity contribution in [3.63, 3.8) is 0 Å². The number of methoxy groups -OCH3 is 1. The number of nitrogens with zero attached hydrogens (tertiary/aromatic N) is 1. The number of nitrogens with one attached hydrogen (secondary N) is 2. The van der Waals surface area contributed by atoms with Crippen molar-refractivity contribution < 1.29 is 19.3 Å². The first-order valence-electron chi connectivity index (χ1n) is 10.3. The number of ether oxygens (including phenoxy) is 3. The number of para-hydroxylation sites is 1. The monoisotopic (exact) mass is 413 g/mol. The number of guanidine groups is 1. The number of aliphatic imine (C=N–C) groups is 1. The second kappa shape index (κ2) is 10.7. The summed E-state index contributed by atoms with van der Waals surface area (Å²) in [6.45, 7) is 7.07. The van der Waals surface area contributed by atoms with E-state index in [2.05, 4.69) is 35.8 Å². The standard InChI is InChI=1S/C23H31N3O4/c1-4-24-23(26-14-18-6-5-7-20(28-3)22(18)27)25-13-17-9-8-16(2)12-21(17)30-19-10-11-29-15-19/h5-9,12,19,27H,4,10-11,13-15H2,1-3H3,(H2,24,25,26). The molecule has 7 nitrogen and oxygen atoms in total. The SMILES string of the molecule is CCNC(=NCc1ccc(C)cc1OC1CCOC1)NCc1cccc(OC)c1O. The number of aromatic hydroxyl groups is 1. The Morgan fingerprint density at radius 1 is 1.20 bits per heavy atom. The molecule has 3 rings (SSSR count). The molecular weight excluding hydrogens is 382 g/mol. The lowest BCUT2D eigenvalue weighted by atomic mass is 10.1. The van der Waals surface area contributed by atoms with E-state index in [1.54, 1.807) is 6.07 Å². The number of hydrogen-bond donors (Lipinski definition) is 3. The minimum absolute atomic E-state index is 0.0944. The summed E-state index contributed by atoms with van der Waals surface area (Å²) in [7, 11) is 1.54. The fraction of sp³-hybridized carbons (Fsp3) is 0.435. The Bertz CT molecular complexity index is 864. The second-order valence-electron chi connectivity index (χ2n) is 7.23. The third kappa shape index (κ3) is 5.79. The highest BCUT2D eigenvalue weighted by atomic mass is 16.5. The molecule has 0 radical (unpaired) electrons. The van der Waals surface area contributed by atoms with Crippen molar-refractivity contribution in [3.05, 3.63) is 53.1 Å². The molecule has 1 saturated heterocycles. The molecule has 0 saturated carbocycles. The van der Waals surface area contributed by atoms with Crippen LogP contribution in [0, 0.1) is 6.92 Å². The molecule has 0 aromatic heterocycles. The van der Waals surface area contributed by atoms with E-state index < -0.39 is 0 Å². The highest BCUT2D eigenvalue weighted by molar-refractivity contribution is 5.79. The molecule has 1 aliphatic heterocycles. The molecule has 162 valence electrons. The lowest BCUT2D eigenvalue weighted by molar-refractivity contribution is 0.140. The van der Waals surface area contributed by atoms with E-state index in [9.17, 15) is 5.11 Å². The van der Waals surface area contributed by atoms with Gasteiger partial charge in [-0.05, 0) is 31.5 Å². The number of rotatable bonds is 8. The summed E-state index contributed by atoms with van der Waals surface area (Å²) >= 11 is 0. The third-order valence-electron chi connectivity index (χ3n) is 4.90. The number of benzene rings is 2. The minimum Gasteiger partial charge on any atom is -0.504 e. The van der Waals surface area contributed by atoms with Gasteiger partial charge in [-0.25, -0.2) is 4.99 Å². The van der Waals surface area contributed by atoms with E-state index in [-0.39, 0.29) is 11.9 Å². The van der Waals surface area contributed by atoms with Crippen molar-refractivity contribution in [1.29, 1.82) is 0 Å². The summed E-state index contributed by atoms with van der Waals surface area (Å²) in [5.41, 5.74) is 2.91. The molecule has 2 aromatic carbocycles. The maximum Gasteiger partial charge on any atom is 0.191 e. The summed E-state index contributed by atoms with van der Waals surface area (Å²) in [5, 5.41) is 16.8. The molecule has 1 fully saturated rings. The van der Waals surface area contributed by atoms with Crippen LogP contribution in [-0.2, 0) is 17.8 Å². The number of hydrogen-bond acceptors (Lipinski definition) is 5. The van der Waals surface area contributed by atoms with Crippen LogP contribution in [-0.4, -0.2) is 44.0 Å². The van der Waals surface area contributed by atoms with Crippen LogP contribution in [0.1, 0.15) is 30.0 Å². The topological polar surface area (TPSA) is 84.3 Å². The summed E-state index contributed by atoms with van der Waals surface area (Å²) in [4.78, 5) is 4.71. The predicted octanol–water partition coefficient (Wildman–Crippen LogP) is 3.13. The maximum absolute atomic E-state index is 10.3. The summed E-state index contributed by atoms with van der Waals surface area (Å²) < 4.78 is 16.8. The molecule has 30 heavy (non-hydrogen) atoms. The predicted molar refractivity (Wildman–Crippen MR) is 117 cm³/mol. The third-order valence-corrected chi connectivity index (χ3v) is 4.90. The van der Waals surface area contributed by atoms with Crippen LogP contribution in [0.15, 0.2) is 41.4 Å². The quantitative estimate of drug-likeness (QED) is 0.456. The van der Waals surface area contributed by atoms with Crippen molar-refractivity contribution in [1.82, 2.24) is 10.6 Å². The molecule has 1 unspecified atom stereocenters. The Balaban J connectivity index is 1.70. The molecule has 2 aromatic rings. The number of phenolic OH excluding ortho intramolecular Hbond substituents is 1. The molecule has 0 bridgehead atoms. The Morgan fingerprint density at radius 2 is 2.07 bits per heavy atom. The Morgan fingerprint density at radius 3 is 2.80 bits per heavy atom. The van der Waals surface area contributed by atoms with Crippen LogP contribution >= 0.6 is 0 Å². The highest BCUT2D eigenvalue weighted by Gasteiger charge is 2.18. The summed E-state index contributed by atoms with van der Waals surface area (Å²) in [6, 6.07) is 11.6. The van der Waals surface area contributed by atoms with Gasteiger partial charge in [0.25, 0.3) is 0 Å². The van der Waals surface area contributed by atoms with E-state index in [4.69, 9.17) is 19.2 Å². The first-order valence-corrected chi connectivity index (χ1v) is 10.3. The van der Waals surface area contributed by atoms with Gasteiger partial charge in [0.15, 0.2) is 17.5 Å². The van der Waals surface area contributed by atoms with Gasteiger partial charge in [-0.15, -0.1) is 0 Å². The second-order valence-corrected chi connectivity index (χ2v) is 7.23. The lowest BCUT2D eigenvalue weighted by Crippen LogP contribution is -2.36. The summed E-state index contributed by atoms with van der Waals surface area (Å²) in [5.74, 6) is 2.11. The van der Waals surface area contributed by atoms with Crippen LogP contribution < -0.4 is 20.1 Å². The van der Waals surface area contributed by atoms with Crippen molar-refractivity contribution in [2.75, 3.05) is 26.9 Å². The Hall–Kier alpha value is -2.93. The van der Waals surface area contributed by atoms with Gasteiger partial charge in [-0.3, -0.25) is 0 Å². The van der Waals surface area contributed by atoms with E-state index in [1.165, 1.54) is 7.11 Å². The van der Waals surface area contributed by atoms with Gasteiger partial charge in [0, 0.05) is 30.6 Å². The van der Waals surface area contributed by atoms with Gasteiger partial charge in [-0.1, -0.05) is 24.3 Å². The van der Waals surface area contributed by atoms with Crippen LogP contribution in [0.25, 0.3) is 0 Å². The van der Waals surface area contributed by atoms with E-state index in [0.717, 1.165) is 42.0 Å². The highest BCUT2D eigenvalue weighted by Crippen LogP contribution is 2.29. The molecule has 7 heteroatoms. The molecule has 0 aliphatic carbocycles. The fourth-order valence-corrected chi connectivity index (χ4v) is 3.25. The van der Waals surface area contributed by atoms with Crippen molar-refractivity contribution in [2.24, 2.45) is 4.99 Å². The van der Waals surface area contributed by atoms with Crippen molar-refractivity contribution >= 4 is 5.96 Å². The zero-order valence-corrected chi connectivity index (χ0v) is 17.9. The fourth-order valence-electron chi connectivity index (χ4n) is 3.25. The molecule has 0 amide bonds. The van der Waals surface area contributed by atoms with Crippen LogP contribution in [0.5, 0.6) is 17.2 Å². The van der Waals surface area contributed by atoms with E-state index in [0.29, 0.717) is 31.4 Å². The maximum atomic E-state index is 10.3. The van der Waals surface area contributed by atoms with Gasteiger partial charge >= 0.3 is 0 Å². The van der Waals surface area contributed by atoms with Crippen LogP contribution in [0.4, 0.5) is 0 Å². The normalized spacial score (nSPS) is 16.4. The van der Waals surface area contributed by atoms with E-state index in [1.807, 2.05) is 19.1 Å². The minimum atomic E-state index is 0.0944. The number of phenols is 1. The zero-order chi connectivity index (χ0) is 21.3. The zero-order valence-electron chi connectivity index (χ0n) is 17.9. The average Bonchev–Trinajstić information content (AvgIpc) is 3.25. The molecular formula is C23H31N3O4.